The molecule has 6 nitrogen and oxygen atoms in total. The lowest BCUT2D eigenvalue weighted by atomic mass is 10.2. The zero-order chi connectivity index (χ0) is 14.4. The molecule has 20 heavy (non-hydrogen) atoms. The van der Waals surface area contributed by atoms with Crippen molar-refractivity contribution in [3.05, 3.63) is 35.2 Å². The minimum absolute atomic E-state index is 0.0769. The van der Waals surface area contributed by atoms with Gasteiger partial charge in [0.2, 0.25) is 5.89 Å². The van der Waals surface area contributed by atoms with Gasteiger partial charge < -0.3 is 13.9 Å². The van der Waals surface area contributed by atoms with Crippen molar-refractivity contribution in [3.8, 4) is 11.5 Å². The van der Waals surface area contributed by atoms with Crippen LogP contribution in [-0.2, 0) is 20.9 Å². The summed E-state index contributed by atoms with van der Waals surface area (Å²) in [7, 11) is 0. The van der Waals surface area contributed by atoms with Gasteiger partial charge >= 0.3 is 5.97 Å². The average molecular weight is 297 g/mol. The van der Waals surface area contributed by atoms with E-state index >= 15 is 0 Å². The number of rotatable bonds is 6. The molecule has 0 aliphatic carbocycles. The van der Waals surface area contributed by atoms with Crippen LogP contribution in [-0.4, -0.2) is 29.4 Å². The number of aromatic nitrogens is 2. The SMILES string of the molecule is CCOCC(=O)OCc1nnc(-c2ccc(Cl)cc2)o1. The van der Waals surface area contributed by atoms with Crippen molar-refractivity contribution in [2.45, 2.75) is 13.5 Å². The van der Waals surface area contributed by atoms with Crippen LogP contribution in [0.2, 0.25) is 5.02 Å². The van der Waals surface area contributed by atoms with Gasteiger partial charge in [0.15, 0.2) is 6.61 Å². The summed E-state index contributed by atoms with van der Waals surface area (Å²) in [6.45, 7) is 2.08. The lowest BCUT2D eigenvalue weighted by molar-refractivity contribution is -0.150. The Kier molecular flexibility index (Phi) is 5.09. The number of halogens is 1. The first-order chi connectivity index (χ1) is 9.69. The molecule has 0 fully saturated rings. The Bertz CT molecular complexity index is 568. The molecule has 0 radical (unpaired) electrons. The third kappa shape index (κ3) is 4.04. The summed E-state index contributed by atoms with van der Waals surface area (Å²) in [4.78, 5) is 11.2. The molecule has 0 aliphatic rings. The van der Waals surface area contributed by atoms with E-state index in [0.717, 1.165) is 5.56 Å². The van der Waals surface area contributed by atoms with Crippen molar-refractivity contribution in [2.24, 2.45) is 0 Å². The number of nitrogens with zero attached hydrogens (tertiary/aromatic N) is 2. The molecular weight excluding hydrogens is 284 g/mol. The lowest BCUT2D eigenvalue weighted by Gasteiger charge is -2.01. The second-order valence-electron chi connectivity index (χ2n) is 3.81. The van der Waals surface area contributed by atoms with Crippen LogP contribution in [0.4, 0.5) is 0 Å². The zero-order valence-electron chi connectivity index (χ0n) is 10.8. The maximum Gasteiger partial charge on any atom is 0.332 e. The van der Waals surface area contributed by atoms with Crippen molar-refractivity contribution in [2.75, 3.05) is 13.2 Å². The van der Waals surface area contributed by atoms with Gasteiger partial charge in [-0.2, -0.15) is 0 Å². The highest BCUT2D eigenvalue weighted by Gasteiger charge is 2.10. The fraction of sp³-hybridized carbons (Fsp3) is 0.308. The summed E-state index contributed by atoms with van der Waals surface area (Å²) in [5.74, 6) is 0.0930. The van der Waals surface area contributed by atoms with Gasteiger partial charge in [-0.1, -0.05) is 11.6 Å². The predicted molar refractivity (Wildman–Crippen MR) is 71.0 cm³/mol. The van der Waals surface area contributed by atoms with Crippen molar-refractivity contribution in [1.82, 2.24) is 10.2 Å². The van der Waals surface area contributed by atoms with E-state index in [1.165, 1.54) is 0 Å². The van der Waals surface area contributed by atoms with E-state index in [2.05, 4.69) is 10.2 Å². The summed E-state index contributed by atoms with van der Waals surface area (Å²) < 4.78 is 15.2. The molecule has 0 bridgehead atoms. The van der Waals surface area contributed by atoms with Crippen LogP contribution in [0.1, 0.15) is 12.8 Å². The van der Waals surface area contributed by atoms with Crippen LogP contribution in [0.15, 0.2) is 28.7 Å². The smallest absolute Gasteiger partial charge is 0.332 e. The Labute approximate surface area is 120 Å². The molecule has 106 valence electrons. The van der Waals surface area contributed by atoms with Crippen LogP contribution >= 0.6 is 11.6 Å². The number of carbonyl (C=O) groups is 1. The molecule has 0 saturated heterocycles. The number of ether oxygens (including phenoxy) is 2. The van der Waals surface area contributed by atoms with Crippen molar-refractivity contribution < 1.29 is 18.7 Å². The van der Waals surface area contributed by atoms with E-state index in [1.54, 1.807) is 31.2 Å². The molecule has 0 N–H and O–H groups in total. The molecule has 1 aromatic heterocycles. The summed E-state index contributed by atoms with van der Waals surface area (Å²) in [6, 6.07) is 6.98. The molecule has 2 rings (SSSR count). The first-order valence-corrected chi connectivity index (χ1v) is 6.38. The Morgan fingerprint density at radius 2 is 2.05 bits per heavy atom. The van der Waals surface area contributed by atoms with Gasteiger partial charge in [-0.05, 0) is 31.2 Å². The number of benzene rings is 1. The molecule has 0 saturated carbocycles. The number of hydrogen-bond acceptors (Lipinski definition) is 6. The molecule has 0 aliphatic heterocycles. The van der Waals surface area contributed by atoms with Crippen LogP contribution < -0.4 is 0 Å². The molecule has 7 heteroatoms. The van der Waals surface area contributed by atoms with Crippen molar-refractivity contribution >= 4 is 17.6 Å². The molecule has 0 atom stereocenters. The van der Waals surface area contributed by atoms with Gasteiger partial charge in [0.05, 0.1) is 0 Å². The zero-order valence-corrected chi connectivity index (χ0v) is 11.6. The molecule has 0 amide bonds. The standard InChI is InChI=1S/C13H13ClN2O4/c1-2-18-8-12(17)19-7-11-15-16-13(20-11)9-3-5-10(14)6-4-9/h3-6H,2,7-8H2,1H3. The fourth-order valence-corrected chi connectivity index (χ4v) is 1.52. The van der Waals surface area contributed by atoms with Gasteiger partial charge in [-0.15, -0.1) is 10.2 Å². The fourth-order valence-electron chi connectivity index (χ4n) is 1.39. The highest BCUT2D eigenvalue weighted by Crippen LogP contribution is 2.20. The lowest BCUT2D eigenvalue weighted by Crippen LogP contribution is -2.12. The Morgan fingerprint density at radius 1 is 1.30 bits per heavy atom. The highest BCUT2D eigenvalue weighted by atomic mass is 35.5. The van der Waals surface area contributed by atoms with E-state index < -0.39 is 5.97 Å². The normalized spacial score (nSPS) is 10.5. The van der Waals surface area contributed by atoms with Gasteiger partial charge in [-0.3, -0.25) is 0 Å². The molecule has 1 heterocycles. The van der Waals surface area contributed by atoms with Gasteiger partial charge in [-0.25, -0.2) is 4.79 Å². The highest BCUT2D eigenvalue weighted by molar-refractivity contribution is 6.30. The van der Waals surface area contributed by atoms with E-state index in [4.69, 9.17) is 25.5 Å². The van der Waals surface area contributed by atoms with Gasteiger partial charge in [0, 0.05) is 17.2 Å². The van der Waals surface area contributed by atoms with Crippen molar-refractivity contribution in [3.63, 3.8) is 0 Å². The summed E-state index contributed by atoms with van der Waals surface area (Å²) in [5.41, 5.74) is 0.744. The molecule has 2 aromatic rings. The van der Waals surface area contributed by atoms with E-state index in [9.17, 15) is 4.79 Å². The monoisotopic (exact) mass is 296 g/mol. The van der Waals surface area contributed by atoms with E-state index in [0.29, 0.717) is 17.5 Å². The third-order valence-electron chi connectivity index (χ3n) is 2.34. The number of carbonyl (C=O) groups excluding carboxylic acids is 1. The van der Waals surface area contributed by atoms with Crippen LogP contribution in [0, 0.1) is 0 Å². The van der Waals surface area contributed by atoms with E-state index in [-0.39, 0.29) is 19.1 Å². The number of hydrogen-bond donors (Lipinski definition) is 0. The quantitative estimate of drug-likeness (QED) is 0.762. The summed E-state index contributed by atoms with van der Waals surface area (Å²) in [6.07, 6.45) is 0. The van der Waals surface area contributed by atoms with Gasteiger partial charge in [0.25, 0.3) is 5.89 Å². The summed E-state index contributed by atoms with van der Waals surface area (Å²) >= 11 is 5.79. The van der Waals surface area contributed by atoms with Crippen LogP contribution in [0.3, 0.4) is 0 Å². The van der Waals surface area contributed by atoms with Gasteiger partial charge in [0.1, 0.15) is 6.61 Å². The van der Waals surface area contributed by atoms with Crippen LogP contribution in [0.25, 0.3) is 11.5 Å². The second-order valence-corrected chi connectivity index (χ2v) is 4.24. The molecule has 0 unspecified atom stereocenters. The minimum atomic E-state index is -0.474. The Balaban J connectivity index is 1.92. The second kappa shape index (κ2) is 7.02. The van der Waals surface area contributed by atoms with Crippen LogP contribution in [0.5, 0.6) is 0 Å². The average Bonchev–Trinajstić information content (AvgIpc) is 2.92. The third-order valence-corrected chi connectivity index (χ3v) is 2.59. The topological polar surface area (TPSA) is 74.5 Å². The summed E-state index contributed by atoms with van der Waals surface area (Å²) in [5, 5.41) is 8.30. The number of esters is 1. The first kappa shape index (κ1) is 14.5. The molecule has 1 aromatic carbocycles. The molecule has 0 spiro atoms. The Hall–Kier alpha value is -1.92. The predicted octanol–water partition coefficient (Wildman–Crippen LogP) is 2.47. The first-order valence-electron chi connectivity index (χ1n) is 6.00. The Morgan fingerprint density at radius 3 is 2.75 bits per heavy atom. The largest absolute Gasteiger partial charge is 0.454 e. The van der Waals surface area contributed by atoms with Crippen molar-refractivity contribution in [1.29, 1.82) is 0 Å². The molecular formula is C13H13ClN2O4. The maximum atomic E-state index is 11.2. The maximum absolute atomic E-state index is 11.2. The minimum Gasteiger partial charge on any atom is -0.454 e. The van der Waals surface area contributed by atoms with E-state index in [1.807, 2.05) is 0 Å².